The number of rotatable bonds is 5. The molecule has 1 aromatic heterocycles. The van der Waals surface area contributed by atoms with E-state index in [4.69, 9.17) is 18.6 Å². The van der Waals surface area contributed by atoms with Gasteiger partial charge in [-0.2, -0.15) is 0 Å². The van der Waals surface area contributed by atoms with Crippen LogP contribution in [-0.4, -0.2) is 49.4 Å². The zero-order valence-electron chi connectivity index (χ0n) is 16.3. The average molecular weight is 384 g/mol. The minimum atomic E-state index is 0.154. The van der Waals surface area contributed by atoms with Gasteiger partial charge in [0.05, 0.1) is 6.54 Å². The smallest absolute Gasteiger partial charge is 0.231 e. The first kappa shape index (κ1) is 18.0. The van der Waals surface area contributed by atoms with Gasteiger partial charge in [0.15, 0.2) is 11.5 Å². The maximum atomic E-state index is 6.08. The molecule has 2 fully saturated rings. The molecule has 0 N–H and O–H groups in total. The van der Waals surface area contributed by atoms with E-state index in [0.29, 0.717) is 6.79 Å². The summed E-state index contributed by atoms with van der Waals surface area (Å²) in [7, 11) is 0. The number of benzene rings is 1. The lowest BCUT2D eigenvalue weighted by molar-refractivity contribution is 0.000630. The van der Waals surface area contributed by atoms with E-state index in [1.54, 1.807) is 0 Å². The molecule has 0 aliphatic carbocycles. The summed E-state index contributed by atoms with van der Waals surface area (Å²) in [4.78, 5) is 4.97. The Morgan fingerprint density at radius 2 is 1.68 bits per heavy atom. The Hall–Kier alpha value is -2.02. The van der Waals surface area contributed by atoms with Gasteiger partial charge in [0.1, 0.15) is 17.6 Å². The summed E-state index contributed by atoms with van der Waals surface area (Å²) in [5.41, 5.74) is 1.28. The number of fused-ring (bicyclic) bond motifs is 1. The van der Waals surface area contributed by atoms with Crippen LogP contribution in [0.2, 0.25) is 0 Å². The van der Waals surface area contributed by atoms with Crippen LogP contribution in [0.25, 0.3) is 0 Å². The van der Waals surface area contributed by atoms with Crippen molar-refractivity contribution >= 4 is 0 Å². The molecule has 150 valence electrons. The number of nitrogens with zero attached hydrogens (tertiary/aromatic N) is 2. The minimum absolute atomic E-state index is 0.154. The van der Waals surface area contributed by atoms with Crippen LogP contribution in [0.1, 0.15) is 42.5 Å². The third kappa shape index (κ3) is 4.04. The fraction of sp³-hybridized carbons (Fsp3) is 0.545. The van der Waals surface area contributed by atoms with Gasteiger partial charge >= 0.3 is 0 Å². The SMILES string of the molecule is c1cc2c(cc1CN1CCN(Cc3ccc(C4CCCCO4)o3)CC1)OCO2. The molecule has 6 heteroatoms. The Balaban J connectivity index is 1.11. The summed E-state index contributed by atoms with van der Waals surface area (Å²) in [6.07, 6.45) is 3.62. The molecule has 1 atom stereocenters. The molecule has 0 bridgehead atoms. The van der Waals surface area contributed by atoms with E-state index in [-0.39, 0.29) is 6.10 Å². The maximum absolute atomic E-state index is 6.08. The van der Waals surface area contributed by atoms with Crippen molar-refractivity contribution in [2.45, 2.75) is 38.5 Å². The Labute approximate surface area is 166 Å². The van der Waals surface area contributed by atoms with Crippen molar-refractivity contribution in [3.05, 3.63) is 47.4 Å². The molecule has 2 saturated heterocycles. The van der Waals surface area contributed by atoms with E-state index in [1.165, 1.54) is 18.4 Å². The van der Waals surface area contributed by atoms with Crippen LogP contribution in [0.3, 0.4) is 0 Å². The Bertz CT molecular complexity index is 792. The molecule has 0 spiro atoms. The van der Waals surface area contributed by atoms with Gasteiger partial charge in [-0.1, -0.05) is 6.07 Å². The van der Waals surface area contributed by atoms with Gasteiger partial charge in [-0.05, 0) is 49.1 Å². The van der Waals surface area contributed by atoms with Gasteiger partial charge in [0.25, 0.3) is 0 Å². The highest BCUT2D eigenvalue weighted by atomic mass is 16.7. The second-order valence-corrected chi connectivity index (χ2v) is 7.90. The standard InChI is InChI=1S/C22H28N2O4/c1-2-12-25-19(3-1)21-7-5-18(28-21)15-24-10-8-23(9-11-24)14-17-4-6-20-22(13-17)27-16-26-20/h4-7,13,19H,1-3,8-12,14-16H2. The van der Waals surface area contributed by atoms with Crippen molar-refractivity contribution in [1.82, 2.24) is 9.80 Å². The summed E-state index contributed by atoms with van der Waals surface area (Å²) >= 11 is 0. The van der Waals surface area contributed by atoms with Crippen LogP contribution < -0.4 is 9.47 Å². The Morgan fingerprint density at radius 3 is 2.50 bits per heavy atom. The van der Waals surface area contributed by atoms with Crippen LogP contribution in [0.4, 0.5) is 0 Å². The molecule has 0 amide bonds. The minimum Gasteiger partial charge on any atom is -0.462 e. The van der Waals surface area contributed by atoms with Crippen LogP contribution in [0.15, 0.2) is 34.7 Å². The molecule has 3 aliphatic heterocycles. The van der Waals surface area contributed by atoms with Gasteiger partial charge in [-0.15, -0.1) is 0 Å². The van der Waals surface area contributed by atoms with Crippen molar-refractivity contribution in [2.75, 3.05) is 39.6 Å². The highest BCUT2D eigenvalue weighted by molar-refractivity contribution is 5.44. The van der Waals surface area contributed by atoms with E-state index >= 15 is 0 Å². The molecule has 0 radical (unpaired) electrons. The number of ether oxygens (including phenoxy) is 3. The summed E-state index contributed by atoms with van der Waals surface area (Å²) in [6, 6.07) is 10.5. The van der Waals surface area contributed by atoms with Crippen molar-refractivity contribution in [3.8, 4) is 11.5 Å². The molecule has 1 unspecified atom stereocenters. The lowest BCUT2D eigenvalue weighted by Crippen LogP contribution is -2.45. The summed E-state index contributed by atoms with van der Waals surface area (Å²) < 4.78 is 22.8. The predicted octanol–water partition coefficient (Wildman–Crippen LogP) is 3.57. The number of piperazine rings is 1. The number of hydrogen-bond acceptors (Lipinski definition) is 6. The molecular formula is C22H28N2O4. The second kappa shape index (κ2) is 8.15. The Morgan fingerprint density at radius 1 is 0.857 bits per heavy atom. The number of hydrogen-bond donors (Lipinski definition) is 0. The van der Waals surface area contributed by atoms with Crippen molar-refractivity contribution in [3.63, 3.8) is 0 Å². The van der Waals surface area contributed by atoms with Crippen molar-refractivity contribution in [2.24, 2.45) is 0 Å². The van der Waals surface area contributed by atoms with Gasteiger partial charge < -0.3 is 18.6 Å². The van der Waals surface area contributed by atoms with Gasteiger partial charge in [-0.3, -0.25) is 9.80 Å². The molecular weight excluding hydrogens is 356 g/mol. The van der Waals surface area contributed by atoms with E-state index in [2.05, 4.69) is 34.1 Å². The summed E-state index contributed by atoms with van der Waals surface area (Å²) in [5, 5.41) is 0. The fourth-order valence-electron chi connectivity index (χ4n) is 4.24. The average Bonchev–Trinajstić information content (AvgIpc) is 3.39. The maximum Gasteiger partial charge on any atom is 0.231 e. The Kier molecular flexibility index (Phi) is 5.25. The normalized spacial score (nSPS) is 23.2. The van der Waals surface area contributed by atoms with Gasteiger partial charge in [0.2, 0.25) is 6.79 Å². The topological polar surface area (TPSA) is 47.3 Å². The molecule has 1 aromatic carbocycles. The van der Waals surface area contributed by atoms with Crippen LogP contribution >= 0.6 is 0 Å². The quantitative estimate of drug-likeness (QED) is 0.786. The second-order valence-electron chi connectivity index (χ2n) is 7.90. The van der Waals surface area contributed by atoms with Crippen LogP contribution in [-0.2, 0) is 17.8 Å². The van der Waals surface area contributed by atoms with Crippen molar-refractivity contribution in [1.29, 1.82) is 0 Å². The fourth-order valence-corrected chi connectivity index (χ4v) is 4.24. The highest BCUT2D eigenvalue weighted by Crippen LogP contribution is 2.33. The number of furan rings is 1. The molecule has 4 heterocycles. The largest absolute Gasteiger partial charge is 0.462 e. The molecule has 28 heavy (non-hydrogen) atoms. The van der Waals surface area contributed by atoms with Crippen molar-refractivity contribution < 1.29 is 18.6 Å². The van der Waals surface area contributed by atoms with E-state index < -0.39 is 0 Å². The predicted molar refractivity (Wildman–Crippen MR) is 104 cm³/mol. The highest BCUT2D eigenvalue weighted by Gasteiger charge is 2.22. The first-order valence-electron chi connectivity index (χ1n) is 10.4. The summed E-state index contributed by atoms with van der Waals surface area (Å²) in [5.74, 6) is 3.77. The van der Waals surface area contributed by atoms with E-state index in [9.17, 15) is 0 Å². The molecule has 5 rings (SSSR count). The molecule has 6 nitrogen and oxygen atoms in total. The summed E-state index contributed by atoms with van der Waals surface area (Å²) in [6.45, 7) is 7.26. The van der Waals surface area contributed by atoms with Crippen LogP contribution in [0, 0.1) is 0 Å². The molecule has 3 aliphatic rings. The molecule has 2 aromatic rings. The lowest BCUT2D eigenvalue weighted by Gasteiger charge is -2.34. The monoisotopic (exact) mass is 384 g/mol. The van der Waals surface area contributed by atoms with Crippen LogP contribution in [0.5, 0.6) is 11.5 Å². The zero-order chi connectivity index (χ0) is 18.8. The van der Waals surface area contributed by atoms with Gasteiger partial charge in [0, 0.05) is 39.3 Å². The van der Waals surface area contributed by atoms with Gasteiger partial charge in [-0.25, -0.2) is 0 Å². The molecule has 0 saturated carbocycles. The van der Waals surface area contributed by atoms with E-state index in [0.717, 1.165) is 75.3 Å². The third-order valence-electron chi connectivity index (χ3n) is 5.87. The first-order valence-corrected chi connectivity index (χ1v) is 10.4. The van der Waals surface area contributed by atoms with E-state index in [1.807, 2.05) is 6.07 Å². The third-order valence-corrected chi connectivity index (χ3v) is 5.87. The zero-order valence-corrected chi connectivity index (χ0v) is 16.3. The lowest BCUT2D eigenvalue weighted by atomic mass is 10.1. The first-order chi connectivity index (χ1) is 13.8.